The molecule has 3 rings (SSSR count). The minimum atomic E-state index is -3.51. The molecule has 0 radical (unpaired) electrons. The molecule has 3 heterocycles. The van der Waals surface area contributed by atoms with Crippen LogP contribution in [-0.4, -0.2) is 38.6 Å². The lowest BCUT2D eigenvalue weighted by Gasteiger charge is -2.14. The summed E-state index contributed by atoms with van der Waals surface area (Å²) in [6, 6.07) is 2.86. The van der Waals surface area contributed by atoms with Crippen LogP contribution in [0.5, 0.6) is 5.88 Å². The Morgan fingerprint density at radius 2 is 2.31 bits per heavy atom. The van der Waals surface area contributed by atoms with Gasteiger partial charge in [-0.2, -0.15) is 0 Å². The summed E-state index contributed by atoms with van der Waals surface area (Å²) in [5, 5.41) is 3.08. The molecular weight excluding hydrogens is 230 g/mol. The minimum Gasteiger partial charge on any atom is -0.470 e. The predicted molar refractivity (Wildman–Crippen MR) is 55.6 cm³/mol. The van der Waals surface area contributed by atoms with Gasteiger partial charge in [0.05, 0.1) is 6.04 Å². The number of aromatic nitrogens is 1. The van der Waals surface area contributed by atoms with Gasteiger partial charge in [-0.1, -0.05) is 0 Å². The highest BCUT2D eigenvalue weighted by molar-refractivity contribution is 7.89. The molecule has 6 nitrogen and oxygen atoms in total. The van der Waals surface area contributed by atoms with Gasteiger partial charge in [-0.25, -0.2) is 18.1 Å². The molecule has 16 heavy (non-hydrogen) atoms. The zero-order valence-electron chi connectivity index (χ0n) is 8.38. The van der Waals surface area contributed by atoms with Gasteiger partial charge < -0.3 is 10.1 Å². The highest BCUT2D eigenvalue weighted by Crippen LogP contribution is 2.26. The second-order valence-corrected chi connectivity index (χ2v) is 5.53. The first kappa shape index (κ1) is 10.0. The fraction of sp³-hybridized carbons (Fsp3) is 0.444. The predicted octanol–water partition coefficient (Wildman–Crippen LogP) is -0.907. The number of ether oxygens (including phenoxy) is 1. The van der Waals surface area contributed by atoms with Crippen molar-refractivity contribution in [2.75, 3.05) is 13.1 Å². The van der Waals surface area contributed by atoms with E-state index < -0.39 is 10.0 Å². The van der Waals surface area contributed by atoms with Crippen molar-refractivity contribution in [2.45, 2.75) is 17.0 Å². The molecule has 2 aliphatic heterocycles. The normalized spacial score (nSPS) is 31.0. The summed E-state index contributed by atoms with van der Waals surface area (Å²) in [5.41, 5.74) is 0. The van der Waals surface area contributed by atoms with E-state index in [9.17, 15) is 8.42 Å². The van der Waals surface area contributed by atoms with Crippen LogP contribution >= 0.6 is 0 Å². The summed E-state index contributed by atoms with van der Waals surface area (Å²) >= 11 is 0. The van der Waals surface area contributed by atoms with Crippen molar-refractivity contribution >= 4 is 10.0 Å². The maximum atomic E-state index is 12.0. The smallest absolute Gasteiger partial charge is 0.246 e. The molecule has 2 atom stereocenters. The highest BCUT2D eigenvalue weighted by Gasteiger charge is 2.38. The van der Waals surface area contributed by atoms with E-state index in [4.69, 9.17) is 4.74 Å². The molecule has 86 valence electrons. The Morgan fingerprint density at radius 1 is 1.44 bits per heavy atom. The second kappa shape index (κ2) is 3.41. The maximum Gasteiger partial charge on any atom is 0.246 e. The fourth-order valence-electron chi connectivity index (χ4n) is 1.97. The lowest BCUT2D eigenvalue weighted by atomic mass is 10.2. The summed E-state index contributed by atoms with van der Waals surface area (Å²) < 4.78 is 32.2. The second-order valence-electron chi connectivity index (χ2n) is 3.85. The number of pyridine rings is 1. The molecule has 0 amide bonds. The van der Waals surface area contributed by atoms with Crippen LogP contribution in [0.2, 0.25) is 0 Å². The van der Waals surface area contributed by atoms with Crippen molar-refractivity contribution in [1.29, 1.82) is 0 Å². The minimum absolute atomic E-state index is 0.115. The van der Waals surface area contributed by atoms with Crippen LogP contribution in [0.3, 0.4) is 0 Å². The summed E-state index contributed by atoms with van der Waals surface area (Å²) in [5.74, 6) is 0.186. The molecule has 0 bridgehead atoms. The third kappa shape index (κ3) is 1.48. The van der Waals surface area contributed by atoms with Crippen LogP contribution in [0.1, 0.15) is 0 Å². The van der Waals surface area contributed by atoms with Gasteiger partial charge in [0.1, 0.15) is 11.0 Å². The first-order valence-electron chi connectivity index (χ1n) is 5.01. The lowest BCUT2D eigenvalue weighted by molar-refractivity contribution is 0.191. The zero-order chi connectivity index (χ0) is 11.2. The van der Waals surface area contributed by atoms with Gasteiger partial charge in [0, 0.05) is 19.3 Å². The summed E-state index contributed by atoms with van der Waals surface area (Å²) in [6.45, 7) is 1.21. The molecule has 0 aromatic carbocycles. The Kier molecular flexibility index (Phi) is 2.13. The monoisotopic (exact) mass is 241 g/mol. The van der Waals surface area contributed by atoms with Gasteiger partial charge in [0.15, 0.2) is 0 Å². The molecule has 2 N–H and O–H groups in total. The Morgan fingerprint density at radius 3 is 3.19 bits per heavy atom. The number of hydrogen-bond donors (Lipinski definition) is 2. The third-order valence-electron chi connectivity index (χ3n) is 2.75. The van der Waals surface area contributed by atoms with Crippen molar-refractivity contribution in [3.05, 3.63) is 18.3 Å². The molecule has 0 aliphatic carbocycles. The van der Waals surface area contributed by atoms with Gasteiger partial charge >= 0.3 is 0 Å². The summed E-state index contributed by atoms with van der Waals surface area (Å²) in [7, 11) is -3.51. The molecule has 0 spiro atoms. The first-order valence-corrected chi connectivity index (χ1v) is 6.50. The molecular formula is C9H11N3O3S. The van der Waals surface area contributed by atoms with Crippen LogP contribution in [-0.2, 0) is 10.0 Å². The molecule has 1 fully saturated rings. The topological polar surface area (TPSA) is 80.3 Å². The third-order valence-corrected chi connectivity index (χ3v) is 4.26. The van der Waals surface area contributed by atoms with Gasteiger partial charge in [-0.15, -0.1) is 0 Å². The Bertz CT molecular complexity index is 516. The van der Waals surface area contributed by atoms with Gasteiger partial charge in [-0.05, 0) is 12.1 Å². The fourth-order valence-corrected chi connectivity index (χ4v) is 3.32. The first-order chi connectivity index (χ1) is 7.67. The lowest BCUT2D eigenvalue weighted by Crippen LogP contribution is -2.42. The number of hydrogen-bond acceptors (Lipinski definition) is 5. The molecule has 1 aromatic heterocycles. The van der Waals surface area contributed by atoms with Crippen LogP contribution in [0.15, 0.2) is 23.2 Å². The van der Waals surface area contributed by atoms with Crippen LogP contribution < -0.4 is 14.8 Å². The quantitative estimate of drug-likeness (QED) is 0.615. The van der Waals surface area contributed by atoms with Crippen molar-refractivity contribution in [3.8, 4) is 5.88 Å². The standard InChI is InChI=1S/C9H11N3O3S/c13-16(14)8-2-1-3-11-9(8)15-7-5-10-4-6(7)12-16/h1-3,6-7,10,12H,4-5H2/t6-,7+/m1/s1. The van der Waals surface area contributed by atoms with E-state index >= 15 is 0 Å². The highest BCUT2D eigenvalue weighted by atomic mass is 32.2. The van der Waals surface area contributed by atoms with Crippen LogP contribution in [0, 0.1) is 0 Å². The Labute approximate surface area is 93.1 Å². The van der Waals surface area contributed by atoms with E-state index in [0.717, 1.165) is 0 Å². The number of nitrogens with one attached hydrogen (secondary N) is 2. The largest absolute Gasteiger partial charge is 0.470 e. The van der Waals surface area contributed by atoms with E-state index in [0.29, 0.717) is 13.1 Å². The van der Waals surface area contributed by atoms with Gasteiger partial charge in [0.25, 0.3) is 0 Å². The summed E-state index contributed by atoms with van der Waals surface area (Å²) in [4.78, 5) is 4.08. The molecule has 0 unspecified atom stereocenters. The van der Waals surface area contributed by atoms with E-state index in [2.05, 4.69) is 15.0 Å². The SMILES string of the molecule is O=S1(=O)N[C@@H]2CNC[C@@H]2Oc2ncccc21. The number of rotatable bonds is 0. The van der Waals surface area contributed by atoms with E-state index in [1.165, 1.54) is 12.3 Å². The molecule has 1 saturated heterocycles. The van der Waals surface area contributed by atoms with E-state index in [1.54, 1.807) is 6.07 Å². The van der Waals surface area contributed by atoms with Crippen molar-refractivity contribution in [2.24, 2.45) is 0 Å². The number of nitrogens with zero attached hydrogens (tertiary/aromatic N) is 1. The molecule has 0 saturated carbocycles. The Balaban J connectivity index is 2.13. The van der Waals surface area contributed by atoms with Crippen LogP contribution in [0.4, 0.5) is 0 Å². The average Bonchev–Trinajstić information content (AvgIpc) is 2.61. The maximum absolute atomic E-state index is 12.0. The Hall–Kier alpha value is -1.18. The average molecular weight is 241 g/mol. The number of sulfonamides is 1. The van der Waals surface area contributed by atoms with Crippen molar-refractivity contribution < 1.29 is 13.2 Å². The van der Waals surface area contributed by atoms with Crippen LogP contribution in [0.25, 0.3) is 0 Å². The molecule has 7 heteroatoms. The zero-order valence-corrected chi connectivity index (χ0v) is 9.20. The van der Waals surface area contributed by atoms with Crippen molar-refractivity contribution in [3.63, 3.8) is 0 Å². The van der Waals surface area contributed by atoms with Gasteiger partial charge in [0.2, 0.25) is 15.9 Å². The summed E-state index contributed by atoms with van der Waals surface area (Å²) in [6.07, 6.45) is 1.34. The van der Waals surface area contributed by atoms with E-state index in [-0.39, 0.29) is 22.9 Å². The van der Waals surface area contributed by atoms with Crippen molar-refractivity contribution in [1.82, 2.24) is 15.0 Å². The van der Waals surface area contributed by atoms with Gasteiger partial charge in [-0.3, -0.25) is 0 Å². The van der Waals surface area contributed by atoms with E-state index in [1.807, 2.05) is 0 Å². The molecule has 2 aliphatic rings. The molecule has 1 aromatic rings. The number of fused-ring (bicyclic) bond motifs is 2.